The van der Waals surface area contributed by atoms with Crippen LogP contribution in [-0.2, 0) is 11.2 Å². The van der Waals surface area contributed by atoms with Crippen LogP contribution in [0.2, 0.25) is 0 Å². The average molecular weight is 311 g/mol. The first-order valence-electron chi connectivity index (χ1n) is 7.61. The maximum atomic E-state index is 11.8. The van der Waals surface area contributed by atoms with Crippen LogP contribution in [0.25, 0.3) is 0 Å². The minimum absolute atomic E-state index is 0.113. The molecular weight excluding hydrogens is 290 g/mol. The first kappa shape index (κ1) is 16.7. The molecule has 0 saturated heterocycles. The Balaban J connectivity index is 1.75. The van der Waals surface area contributed by atoms with Gasteiger partial charge in [-0.2, -0.15) is 5.10 Å². The molecule has 2 rings (SSSR count). The van der Waals surface area contributed by atoms with Crippen molar-refractivity contribution in [2.75, 3.05) is 0 Å². The van der Waals surface area contributed by atoms with Crippen molar-refractivity contribution in [2.24, 2.45) is 5.10 Å². The van der Waals surface area contributed by atoms with Crippen LogP contribution in [0.4, 0.5) is 0 Å². The summed E-state index contributed by atoms with van der Waals surface area (Å²) in [5, 5.41) is 3.93. The number of ether oxygens (including phenoxy) is 1. The van der Waals surface area contributed by atoms with E-state index >= 15 is 0 Å². The molecule has 0 aliphatic heterocycles. The quantitative estimate of drug-likeness (QED) is 0.631. The lowest BCUT2D eigenvalue weighted by molar-refractivity contribution is -0.121. The maximum absolute atomic E-state index is 11.8. The van der Waals surface area contributed by atoms with Crippen LogP contribution < -0.4 is 10.2 Å². The third kappa shape index (κ3) is 6.30. The number of nitrogens with one attached hydrogen (secondary N) is 1. The standard InChI is InChI=1S/C18H21N3O2/c1-14(2)23-17-6-3-15(4-7-17)5-8-18(22)21-20-13-16-9-11-19-12-10-16/h3-4,6-7,9-14H,5,8H2,1-2H3,(H,21,22)/b20-13-. The molecule has 120 valence electrons. The summed E-state index contributed by atoms with van der Waals surface area (Å²) in [5.41, 5.74) is 4.51. The Hall–Kier alpha value is -2.69. The number of amides is 1. The van der Waals surface area contributed by atoms with E-state index in [-0.39, 0.29) is 12.0 Å². The van der Waals surface area contributed by atoms with Crippen molar-refractivity contribution in [3.8, 4) is 5.75 Å². The van der Waals surface area contributed by atoms with Crippen molar-refractivity contribution in [1.29, 1.82) is 0 Å². The number of pyridine rings is 1. The van der Waals surface area contributed by atoms with Gasteiger partial charge < -0.3 is 4.74 Å². The second-order valence-electron chi connectivity index (χ2n) is 5.38. The molecule has 0 bridgehead atoms. The Labute approximate surface area is 136 Å². The summed E-state index contributed by atoms with van der Waals surface area (Å²) in [7, 11) is 0. The molecule has 0 radical (unpaired) electrons. The van der Waals surface area contributed by atoms with Gasteiger partial charge in [-0.05, 0) is 55.7 Å². The van der Waals surface area contributed by atoms with Crippen molar-refractivity contribution in [3.63, 3.8) is 0 Å². The summed E-state index contributed by atoms with van der Waals surface area (Å²) >= 11 is 0. The topological polar surface area (TPSA) is 63.6 Å². The van der Waals surface area contributed by atoms with Crippen LogP contribution in [0.3, 0.4) is 0 Å². The number of hydrazone groups is 1. The second kappa shape index (κ2) is 8.68. The lowest BCUT2D eigenvalue weighted by Crippen LogP contribution is -2.17. The number of aromatic nitrogens is 1. The van der Waals surface area contributed by atoms with Gasteiger partial charge >= 0.3 is 0 Å². The van der Waals surface area contributed by atoms with E-state index in [4.69, 9.17) is 4.74 Å². The van der Waals surface area contributed by atoms with Crippen LogP contribution in [0.15, 0.2) is 53.9 Å². The summed E-state index contributed by atoms with van der Waals surface area (Å²) < 4.78 is 5.59. The number of benzene rings is 1. The summed E-state index contributed by atoms with van der Waals surface area (Å²) in [6.45, 7) is 3.98. The molecular formula is C18H21N3O2. The molecule has 5 heteroatoms. The molecule has 0 saturated carbocycles. The molecule has 23 heavy (non-hydrogen) atoms. The number of hydrogen-bond acceptors (Lipinski definition) is 4. The first-order chi connectivity index (χ1) is 11.1. The predicted octanol–water partition coefficient (Wildman–Crippen LogP) is 2.95. The van der Waals surface area contributed by atoms with Crippen molar-refractivity contribution < 1.29 is 9.53 Å². The highest BCUT2D eigenvalue weighted by atomic mass is 16.5. The second-order valence-corrected chi connectivity index (χ2v) is 5.38. The van der Waals surface area contributed by atoms with E-state index in [9.17, 15) is 4.79 Å². The molecule has 1 aromatic carbocycles. The van der Waals surface area contributed by atoms with E-state index in [1.807, 2.05) is 50.2 Å². The molecule has 0 aliphatic rings. The van der Waals surface area contributed by atoms with Gasteiger partial charge in [-0.3, -0.25) is 9.78 Å². The van der Waals surface area contributed by atoms with Gasteiger partial charge in [0.25, 0.3) is 0 Å². The molecule has 0 fully saturated rings. The average Bonchev–Trinajstić information content (AvgIpc) is 2.55. The number of aryl methyl sites for hydroxylation is 1. The Kier molecular flexibility index (Phi) is 6.29. The fraction of sp³-hybridized carbons (Fsp3) is 0.278. The molecule has 1 amide bonds. The van der Waals surface area contributed by atoms with Gasteiger partial charge in [-0.1, -0.05) is 12.1 Å². The minimum Gasteiger partial charge on any atom is -0.491 e. The van der Waals surface area contributed by atoms with Crippen molar-refractivity contribution in [1.82, 2.24) is 10.4 Å². The monoisotopic (exact) mass is 311 g/mol. The van der Waals surface area contributed by atoms with Gasteiger partial charge in [0, 0.05) is 18.8 Å². The number of hydrogen-bond donors (Lipinski definition) is 1. The smallest absolute Gasteiger partial charge is 0.240 e. The van der Waals surface area contributed by atoms with Crippen LogP contribution in [0, 0.1) is 0 Å². The summed E-state index contributed by atoms with van der Waals surface area (Å²) in [6.07, 6.45) is 6.16. The predicted molar refractivity (Wildman–Crippen MR) is 90.5 cm³/mol. The van der Waals surface area contributed by atoms with Crippen LogP contribution >= 0.6 is 0 Å². The SMILES string of the molecule is CC(C)Oc1ccc(CCC(=O)N/N=C\c2ccncc2)cc1. The third-order valence-electron chi connectivity index (χ3n) is 3.04. The zero-order chi connectivity index (χ0) is 16.5. The number of nitrogens with zero attached hydrogens (tertiary/aromatic N) is 2. The Morgan fingerprint density at radius 1 is 1.22 bits per heavy atom. The molecule has 1 heterocycles. The molecule has 1 aromatic heterocycles. The van der Waals surface area contributed by atoms with E-state index < -0.39 is 0 Å². The zero-order valence-corrected chi connectivity index (χ0v) is 13.4. The number of carbonyl (C=O) groups is 1. The highest BCUT2D eigenvalue weighted by Gasteiger charge is 2.02. The van der Waals surface area contributed by atoms with Gasteiger partial charge in [-0.25, -0.2) is 5.43 Å². The van der Waals surface area contributed by atoms with E-state index in [2.05, 4.69) is 15.5 Å². The van der Waals surface area contributed by atoms with Gasteiger partial charge in [0.05, 0.1) is 12.3 Å². The fourth-order valence-electron chi connectivity index (χ4n) is 1.95. The first-order valence-corrected chi connectivity index (χ1v) is 7.61. The van der Waals surface area contributed by atoms with Gasteiger partial charge in [-0.15, -0.1) is 0 Å². The van der Waals surface area contributed by atoms with E-state index in [1.54, 1.807) is 18.6 Å². The molecule has 0 spiro atoms. The largest absolute Gasteiger partial charge is 0.491 e. The molecule has 5 nitrogen and oxygen atoms in total. The minimum atomic E-state index is -0.113. The highest BCUT2D eigenvalue weighted by Crippen LogP contribution is 2.14. The molecule has 2 aromatic rings. The molecule has 1 N–H and O–H groups in total. The summed E-state index contributed by atoms with van der Waals surface area (Å²) in [5.74, 6) is 0.730. The normalized spacial score (nSPS) is 10.9. The lowest BCUT2D eigenvalue weighted by Gasteiger charge is -2.09. The molecule has 0 atom stereocenters. The highest BCUT2D eigenvalue weighted by molar-refractivity contribution is 5.82. The van der Waals surface area contributed by atoms with Crippen molar-refractivity contribution in [2.45, 2.75) is 32.8 Å². The Bertz CT molecular complexity index is 637. The van der Waals surface area contributed by atoms with Crippen molar-refractivity contribution >= 4 is 12.1 Å². The van der Waals surface area contributed by atoms with Crippen molar-refractivity contribution in [3.05, 3.63) is 59.9 Å². The number of rotatable bonds is 7. The zero-order valence-electron chi connectivity index (χ0n) is 13.4. The maximum Gasteiger partial charge on any atom is 0.240 e. The Morgan fingerprint density at radius 3 is 2.57 bits per heavy atom. The van der Waals surface area contributed by atoms with Crippen LogP contribution in [0.1, 0.15) is 31.4 Å². The van der Waals surface area contributed by atoms with E-state index in [1.165, 1.54) is 0 Å². The van der Waals surface area contributed by atoms with E-state index in [0.717, 1.165) is 16.9 Å². The third-order valence-corrected chi connectivity index (χ3v) is 3.04. The molecule has 0 aliphatic carbocycles. The summed E-state index contributed by atoms with van der Waals surface area (Å²) in [6, 6.07) is 11.4. The van der Waals surface area contributed by atoms with E-state index in [0.29, 0.717) is 12.8 Å². The van der Waals surface area contributed by atoms with Gasteiger partial charge in [0.2, 0.25) is 5.91 Å². The Morgan fingerprint density at radius 2 is 1.91 bits per heavy atom. The fourth-order valence-corrected chi connectivity index (χ4v) is 1.95. The summed E-state index contributed by atoms with van der Waals surface area (Å²) in [4.78, 5) is 15.7. The lowest BCUT2D eigenvalue weighted by atomic mass is 10.1. The van der Waals surface area contributed by atoms with Crippen LogP contribution in [-0.4, -0.2) is 23.2 Å². The van der Waals surface area contributed by atoms with Crippen LogP contribution in [0.5, 0.6) is 5.75 Å². The van der Waals surface area contributed by atoms with Gasteiger partial charge in [0.1, 0.15) is 5.75 Å². The van der Waals surface area contributed by atoms with Gasteiger partial charge in [0.15, 0.2) is 0 Å². The molecule has 0 unspecified atom stereocenters. The number of carbonyl (C=O) groups excluding carboxylic acids is 1.